The number of hydrogen-bond donors (Lipinski definition) is 3. The summed E-state index contributed by atoms with van der Waals surface area (Å²) in [5.74, 6) is -0.508. The van der Waals surface area contributed by atoms with Crippen LogP contribution in [0.15, 0.2) is 40.1 Å². The highest BCUT2D eigenvalue weighted by Crippen LogP contribution is 2.14. The molecule has 0 saturated carbocycles. The van der Waals surface area contributed by atoms with Gasteiger partial charge in [-0.15, -0.1) is 11.3 Å². The molecule has 0 aliphatic carbocycles. The molecule has 2 aromatic rings. The first-order chi connectivity index (χ1) is 12.4. The predicted octanol–water partition coefficient (Wildman–Crippen LogP) is 0.764. The molecule has 2 aromatic heterocycles. The van der Waals surface area contributed by atoms with Gasteiger partial charge in [-0.25, -0.2) is 13.1 Å². The fourth-order valence-electron chi connectivity index (χ4n) is 1.96. The first kappa shape index (κ1) is 20.0. The topological polar surface area (TPSA) is 117 Å². The molecule has 2 heterocycles. The number of nitrogens with one attached hydrogen (secondary N) is 3. The quantitative estimate of drug-likeness (QED) is 0.579. The first-order valence-electron chi connectivity index (χ1n) is 7.91. The number of thiophene rings is 1. The second-order valence-electron chi connectivity index (χ2n) is 5.32. The summed E-state index contributed by atoms with van der Waals surface area (Å²) in [6.45, 7) is 1.97. The molecule has 0 aromatic carbocycles. The second-order valence-corrected chi connectivity index (χ2v) is 8.26. The Kier molecular flexibility index (Phi) is 7.25. The molecule has 0 saturated heterocycles. The van der Waals surface area contributed by atoms with Gasteiger partial charge in [0.15, 0.2) is 0 Å². The van der Waals surface area contributed by atoms with E-state index in [1.165, 1.54) is 6.07 Å². The molecular weight excluding hydrogens is 376 g/mol. The van der Waals surface area contributed by atoms with Gasteiger partial charge in [0.2, 0.25) is 11.8 Å². The number of carbonyl (C=O) groups is 2. The van der Waals surface area contributed by atoms with Gasteiger partial charge in [-0.1, -0.05) is 13.0 Å². The van der Waals surface area contributed by atoms with E-state index < -0.39 is 15.9 Å². The summed E-state index contributed by atoms with van der Waals surface area (Å²) >= 11 is 1.08. The van der Waals surface area contributed by atoms with Crippen LogP contribution in [-0.2, 0) is 32.7 Å². The van der Waals surface area contributed by atoms with Gasteiger partial charge in [-0.2, -0.15) is 0 Å². The number of aromatic nitrogens is 1. The molecule has 0 aliphatic rings. The maximum Gasteiger partial charge on any atom is 0.250 e. The number of carbonyl (C=O) groups excluding carboxylic acids is 2. The van der Waals surface area contributed by atoms with Gasteiger partial charge in [-0.05, 0) is 29.1 Å². The molecule has 26 heavy (non-hydrogen) atoms. The number of pyridine rings is 1. The van der Waals surface area contributed by atoms with Crippen LogP contribution in [0.3, 0.4) is 0 Å². The maximum atomic E-state index is 11.9. The maximum absolute atomic E-state index is 11.9. The van der Waals surface area contributed by atoms with Crippen molar-refractivity contribution in [3.8, 4) is 0 Å². The minimum absolute atomic E-state index is 0.0466. The number of rotatable bonds is 9. The fourth-order valence-corrected chi connectivity index (χ4v) is 3.98. The van der Waals surface area contributed by atoms with Crippen molar-refractivity contribution < 1.29 is 18.0 Å². The number of nitrogens with zero attached hydrogens (tertiary/aromatic N) is 1. The summed E-state index contributed by atoms with van der Waals surface area (Å²) in [5.41, 5.74) is 1.48. The molecule has 0 unspecified atom stereocenters. The van der Waals surface area contributed by atoms with E-state index in [0.717, 1.165) is 16.9 Å². The van der Waals surface area contributed by atoms with Gasteiger partial charge >= 0.3 is 0 Å². The standard InChI is InChI=1S/C16H20N4O4S2/c1-2-14(21)18-9-12-5-6-17-13(8-12)10-19-15(22)11-20-26(23,24)16-4-3-7-25-16/h3-8,20H,2,9-11H2,1H3,(H,18,21)(H,19,22). The van der Waals surface area contributed by atoms with E-state index in [9.17, 15) is 18.0 Å². The smallest absolute Gasteiger partial charge is 0.250 e. The summed E-state index contributed by atoms with van der Waals surface area (Å²) in [4.78, 5) is 27.3. The molecular formula is C16H20N4O4S2. The zero-order valence-corrected chi connectivity index (χ0v) is 15.8. The lowest BCUT2D eigenvalue weighted by Gasteiger charge is -2.08. The van der Waals surface area contributed by atoms with E-state index in [1.54, 1.807) is 36.7 Å². The number of sulfonamides is 1. The molecule has 0 spiro atoms. The zero-order valence-electron chi connectivity index (χ0n) is 14.2. The van der Waals surface area contributed by atoms with Crippen LogP contribution in [-0.4, -0.2) is 31.8 Å². The Bertz CT molecular complexity index is 851. The lowest BCUT2D eigenvalue weighted by Crippen LogP contribution is -2.36. The highest BCUT2D eigenvalue weighted by Gasteiger charge is 2.16. The van der Waals surface area contributed by atoms with Crippen LogP contribution in [0.4, 0.5) is 0 Å². The molecule has 2 amide bonds. The largest absolute Gasteiger partial charge is 0.352 e. The number of hydrogen-bond acceptors (Lipinski definition) is 6. The molecule has 3 N–H and O–H groups in total. The second kappa shape index (κ2) is 9.41. The van der Waals surface area contributed by atoms with Crippen molar-refractivity contribution in [2.24, 2.45) is 0 Å². The lowest BCUT2D eigenvalue weighted by molar-refractivity contribution is -0.121. The summed E-state index contributed by atoms with van der Waals surface area (Å²) in [6.07, 6.45) is 2.00. The lowest BCUT2D eigenvalue weighted by atomic mass is 10.2. The minimum atomic E-state index is -3.67. The third-order valence-electron chi connectivity index (χ3n) is 3.34. The van der Waals surface area contributed by atoms with Crippen molar-refractivity contribution in [2.45, 2.75) is 30.6 Å². The monoisotopic (exact) mass is 396 g/mol. The van der Waals surface area contributed by atoms with E-state index in [4.69, 9.17) is 0 Å². The average Bonchev–Trinajstić information content (AvgIpc) is 3.19. The molecule has 2 rings (SSSR count). The van der Waals surface area contributed by atoms with Crippen molar-refractivity contribution in [3.05, 3.63) is 47.1 Å². The molecule has 0 fully saturated rings. The van der Waals surface area contributed by atoms with Crippen molar-refractivity contribution >= 4 is 33.2 Å². The van der Waals surface area contributed by atoms with Gasteiger partial charge in [0.05, 0.1) is 18.8 Å². The molecule has 0 aliphatic heterocycles. The first-order valence-corrected chi connectivity index (χ1v) is 10.3. The van der Waals surface area contributed by atoms with Crippen molar-refractivity contribution in [2.75, 3.05) is 6.54 Å². The zero-order chi connectivity index (χ0) is 19.0. The van der Waals surface area contributed by atoms with Gasteiger partial charge in [0.1, 0.15) is 4.21 Å². The summed E-state index contributed by atoms with van der Waals surface area (Å²) in [7, 11) is -3.67. The molecule has 0 radical (unpaired) electrons. The molecule has 140 valence electrons. The van der Waals surface area contributed by atoms with Crippen LogP contribution < -0.4 is 15.4 Å². The van der Waals surface area contributed by atoms with E-state index in [0.29, 0.717) is 18.7 Å². The van der Waals surface area contributed by atoms with Crippen LogP contribution in [0.5, 0.6) is 0 Å². The van der Waals surface area contributed by atoms with E-state index in [-0.39, 0.29) is 23.2 Å². The van der Waals surface area contributed by atoms with Crippen LogP contribution in [0.25, 0.3) is 0 Å². The van der Waals surface area contributed by atoms with E-state index >= 15 is 0 Å². The van der Waals surface area contributed by atoms with Crippen molar-refractivity contribution in [1.82, 2.24) is 20.3 Å². The third-order valence-corrected chi connectivity index (χ3v) is 6.14. The van der Waals surface area contributed by atoms with Crippen molar-refractivity contribution in [1.29, 1.82) is 0 Å². The summed E-state index contributed by atoms with van der Waals surface area (Å²) in [6, 6.07) is 6.64. The SMILES string of the molecule is CCC(=O)NCc1ccnc(CNC(=O)CNS(=O)(=O)c2cccs2)c1. The predicted molar refractivity (Wildman–Crippen MR) is 97.7 cm³/mol. The van der Waals surface area contributed by atoms with Gasteiger partial charge < -0.3 is 10.6 Å². The highest BCUT2D eigenvalue weighted by molar-refractivity contribution is 7.91. The van der Waals surface area contributed by atoms with Gasteiger partial charge in [-0.3, -0.25) is 14.6 Å². The highest BCUT2D eigenvalue weighted by atomic mass is 32.2. The Morgan fingerprint density at radius 3 is 2.62 bits per heavy atom. The number of amides is 2. The Morgan fingerprint density at radius 2 is 1.92 bits per heavy atom. The van der Waals surface area contributed by atoms with Crippen LogP contribution in [0.2, 0.25) is 0 Å². The van der Waals surface area contributed by atoms with Gasteiger partial charge in [0.25, 0.3) is 10.0 Å². The van der Waals surface area contributed by atoms with Crippen LogP contribution in [0.1, 0.15) is 24.6 Å². The third kappa shape index (κ3) is 6.21. The molecule has 8 nitrogen and oxygen atoms in total. The fraction of sp³-hybridized carbons (Fsp3) is 0.312. The van der Waals surface area contributed by atoms with E-state index in [1.807, 2.05) is 0 Å². The normalized spacial score (nSPS) is 11.1. The van der Waals surface area contributed by atoms with Crippen LogP contribution >= 0.6 is 11.3 Å². The minimum Gasteiger partial charge on any atom is -0.352 e. The Morgan fingerprint density at radius 1 is 1.15 bits per heavy atom. The Hall–Kier alpha value is -2.30. The Balaban J connectivity index is 1.81. The molecule has 0 atom stereocenters. The summed E-state index contributed by atoms with van der Waals surface area (Å²) < 4.78 is 26.3. The summed E-state index contributed by atoms with van der Waals surface area (Å²) in [5, 5.41) is 7.02. The average molecular weight is 396 g/mol. The Labute approximate surface area is 156 Å². The molecule has 0 bridgehead atoms. The van der Waals surface area contributed by atoms with E-state index in [2.05, 4.69) is 20.3 Å². The van der Waals surface area contributed by atoms with Gasteiger partial charge in [0, 0.05) is 19.2 Å². The van der Waals surface area contributed by atoms with Crippen LogP contribution in [0, 0.1) is 0 Å². The molecule has 10 heteroatoms. The van der Waals surface area contributed by atoms with Crippen molar-refractivity contribution in [3.63, 3.8) is 0 Å².